The monoisotopic (exact) mass is 380 g/mol. The molecule has 1 aromatic heterocycles. The zero-order valence-electron chi connectivity index (χ0n) is 14.4. The molecule has 3 rings (SSSR count). The lowest BCUT2D eigenvalue weighted by molar-refractivity contribution is 0.754. The summed E-state index contributed by atoms with van der Waals surface area (Å²) in [7, 11) is 0. The molecule has 6 heteroatoms. The zero-order chi connectivity index (χ0) is 18.5. The Labute approximate surface area is 161 Å². The van der Waals surface area contributed by atoms with Gasteiger partial charge in [-0.2, -0.15) is 10.4 Å². The molecule has 26 heavy (non-hydrogen) atoms. The van der Waals surface area contributed by atoms with Crippen LogP contribution in [0.3, 0.4) is 0 Å². The highest BCUT2D eigenvalue weighted by atomic mass is 35.5. The average Bonchev–Trinajstić information content (AvgIpc) is 3.02. The maximum Gasteiger partial charge on any atom is 0.206 e. The van der Waals surface area contributed by atoms with Gasteiger partial charge in [0.15, 0.2) is 0 Å². The number of thiazole rings is 1. The first-order valence-corrected chi connectivity index (χ1v) is 9.37. The fourth-order valence-electron chi connectivity index (χ4n) is 2.34. The Hall–Kier alpha value is -2.68. The summed E-state index contributed by atoms with van der Waals surface area (Å²) in [4.78, 5) is 5.48. The van der Waals surface area contributed by atoms with Crippen LogP contribution < -0.4 is 4.80 Å². The Kier molecular flexibility index (Phi) is 5.67. The second-order valence-corrected chi connectivity index (χ2v) is 7.20. The van der Waals surface area contributed by atoms with E-state index in [1.165, 1.54) is 0 Å². The minimum atomic E-state index is 0.164. The van der Waals surface area contributed by atoms with E-state index in [4.69, 9.17) is 16.9 Å². The molecule has 0 fully saturated rings. The van der Waals surface area contributed by atoms with E-state index in [0.717, 1.165) is 21.6 Å². The second-order valence-electron chi connectivity index (χ2n) is 5.93. The summed E-state index contributed by atoms with van der Waals surface area (Å²) >= 11 is 7.69. The van der Waals surface area contributed by atoms with Gasteiger partial charge in [-0.3, -0.25) is 4.99 Å². The Balaban J connectivity index is 2.07. The van der Waals surface area contributed by atoms with Crippen molar-refractivity contribution in [3.05, 3.63) is 74.9 Å². The van der Waals surface area contributed by atoms with Gasteiger partial charge >= 0.3 is 0 Å². The van der Waals surface area contributed by atoms with Crippen molar-refractivity contribution in [1.29, 1.82) is 5.26 Å². The summed E-state index contributed by atoms with van der Waals surface area (Å²) < 4.78 is 1.83. The first kappa shape index (κ1) is 18.1. The van der Waals surface area contributed by atoms with Crippen molar-refractivity contribution in [2.75, 3.05) is 0 Å². The topological polar surface area (TPSA) is 53.4 Å². The van der Waals surface area contributed by atoms with E-state index < -0.39 is 0 Å². The van der Waals surface area contributed by atoms with Gasteiger partial charge in [0.25, 0.3) is 0 Å². The van der Waals surface area contributed by atoms with Crippen LogP contribution in [0.25, 0.3) is 11.3 Å². The number of aromatic nitrogens is 1. The van der Waals surface area contributed by atoms with E-state index in [1.807, 2.05) is 60.3 Å². The molecule has 0 aliphatic rings. The Morgan fingerprint density at radius 1 is 1.19 bits per heavy atom. The van der Waals surface area contributed by atoms with Gasteiger partial charge in [0.05, 0.1) is 23.5 Å². The van der Waals surface area contributed by atoms with Crippen LogP contribution in [0.15, 0.2) is 64.0 Å². The van der Waals surface area contributed by atoms with Gasteiger partial charge in [-0.15, -0.1) is 11.3 Å². The number of hydrogen-bond acceptors (Lipinski definition) is 4. The molecule has 3 aromatic rings. The molecule has 0 N–H and O–H groups in total. The van der Waals surface area contributed by atoms with Crippen molar-refractivity contribution in [2.24, 2.45) is 10.1 Å². The normalized spacial score (nSPS) is 12.0. The van der Waals surface area contributed by atoms with Gasteiger partial charge in [-0.25, -0.2) is 4.68 Å². The minimum absolute atomic E-state index is 0.164. The van der Waals surface area contributed by atoms with Crippen LogP contribution in [-0.2, 0) is 0 Å². The first-order chi connectivity index (χ1) is 12.6. The maximum atomic E-state index is 8.90. The SMILES string of the molecule is CC(C)N=c1scc(-c2cccc(Cl)c2)n1N=Cc1ccc(C#N)cc1. The van der Waals surface area contributed by atoms with Gasteiger partial charge in [0.1, 0.15) is 0 Å². The second kappa shape index (κ2) is 8.13. The molecule has 0 aliphatic heterocycles. The summed E-state index contributed by atoms with van der Waals surface area (Å²) in [6.07, 6.45) is 1.77. The lowest BCUT2D eigenvalue weighted by Gasteiger charge is -2.04. The molecule has 0 amide bonds. The van der Waals surface area contributed by atoms with Crippen LogP contribution in [0, 0.1) is 11.3 Å². The van der Waals surface area contributed by atoms with E-state index in [0.29, 0.717) is 10.6 Å². The molecule has 0 unspecified atom stereocenters. The molecular weight excluding hydrogens is 364 g/mol. The van der Waals surface area contributed by atoms with Crippen LogP contribution >= 0.6 is 22.9 Å². The molecule has 1 heterocycles. The van der Waals surface area contributed by atoms with Crippen molar-refractivity contribution in [3.63, 3.8) is 0 Å². The van der Waals surface area contributed by atoms with E-state index in [9.17, 15) is 0 Å². The molecule has 0 atom stereocenters. The predicted molar refractivity (Wildman–Crippen MR) is 108 cm³/mol. The third-order valence-corrected chi connectivity index (χ3v) is 4.60. The van der Waals surface area contributed by atoms with E-state index in [1.54, 1.807) is 29.7 Å². The van der Waals surface area contributed by atoms with Crippen molar-refractivity contribution < 1.29 is 0 Å². The zero-order valence-corrected chi connectivity index (χ0v) is 16.0. The van der Waals surface area contributed by atoms with Crippen molar-refractivity contribution in [3.8, 4) is 17.3 Å². The molecule has 0 aliphatic carbocycles. The number of benzene rings is 2. The van der Waals surface area contributed by atoms with E-state index in [2.05, 4.69) is 16.2 Å². The summed E-state index contributed by atoms with van der Waals surface area (Å²) in [5.74, 6) is 0. The van der Waals surface area contributed by atoms with Gasteiger partial charge in [0.2, 0.25) is 4.80 Å². The lowest BCUT2D eigenvalue weighted by atomic mass is 10.2. The largest absolute Gasteiger partial charge is 0.255 e. The number of nitrogens with zero attached hydrogens (tertiary/aromatic N) is 4. The molecular formula is C20H17ClN4S. The standard InChI is InChI=1S/C20H17ClN4S/c1-14(2)24-20-25(23-12-16-8-6-15(11-22)7-9-16)19(13-26-20)17-4-3-5-18(21)10-17/h3-10,12-14H,1-2H3. The van der Waals surface area contributed by atoms with Crippen LogP contribution in [0.4, 0.5) is 0 Å². The van der Waals surface area contributed by atoms with Gasteiger partial charge in [0, 0.05) is 22.0 Å². The highest BCUT2D eigenvalue weighted by molar-refractivity contribution is 7.07. The number of nitriles is 1. The molecule has 2 aromatic carbocycles. The van der Waals surface area contributed by atoms with Crippen molar-refractivity contribution in [1.82, 2.24) is 4.68 Å². The number of hydrogen-bond donors (Lipinski definition) is 0. The minimum Gasteiger partial charge on any atom is -0.255 e. The van der Waals surface area contributed by atoms with Gasteiger partial charge in [-0.05, 0) is 43.7 Å². The smallest absolute Gasteiger partial charge is 0.206 e. The molecule has 0 radical (unpaired) electrons. The van der Waals surface area contributed by atoms with Crippen LogP contribution in [-0.4, -0.2) is 16.9 Å². The van der Waals surface area contributed by atoms with Crippen LogP contribution in [0.5, 0.6) is 0 Å². The number of halogens is 1. The molecule has 0 saturated carbocycles. The summed E-state index contributed by atoms with van der Waals surface area (Å²) in [5, 5.41) is 16.2. The molecule has 0 bridgehead atoms. The third kappa shape index (κ3) is 4.29. The predicted octanol–water partition coefficient (Wildman–Crippen LogP) is 4.93. The Bertz CT molecular complexity index is 1040. The fourth-order valence-corrected chi connectivity index (χ4v) is 3.50. The van der Waals surface area contributed by atoms with Crippen LogP contribution in [0.1, 0.15) is 25.0 Å². The van der Waals surface area contributed by atoms with E-state index in [-0.39, 0.29) is 6.04 Å². The summed E-state index contributed by atoms with van der Waals surface area (Å²) in [6, 6.07) is 17.2. The first-order valence-electron chi connectivity index (χ1n) is 8.11. The average molecular weight is 381 g/mol. The summed E-state index contributed by atoms with van der Waals surface area (Å²) in [6.45, 7) is 4.07. The Morgan fingerprint density at radius 2 is 1.96 bits per heavy atom. The molecule has 0 saturated heterocycles. The highest BCUT2D eigenvalue weighted by Crippen LogP contribution is 2.23. The Morgan fingerprint density at radius 3 is 2.62 bits per heavy atom. The maximum absolute atomic E-state index is 8.90. The lowest BCUT2D eigenvalue weighted by Crippen LogP contribution is -2.14. The highest BCUT2D eigenvalue weighted by Gasteiger charge is 2.08. The number of rotatable bonds is 4. The van der Waals surface area contributed by atoms with Gasteiger partial charge in [-0.1, -0.05) is 35.9 Å². The quantitative estimate of drug-likeness (QED) is 0.592. The summed E-state index contributed by atoms with van der Waals surface area (Å²) in [5.41, 5.74) is 3.45. The van der Waals surface area contributed by atoms with Gasteiger partial charge < -0.3 is 0 Å². The fraction of sp³-hybridized carbons (Fsp3) is 0.150. The third-order valence-electron chi connectivity index (χ3n) is 3.54. The van der Waals surface area contributed by atoms with E-state index >= 15 is 0 Å². The van der Waals surface area contributed by atoms with Crippen molar-refractivity contribution in [2.45, 2.75) is 19.9 Å². The molecule has 0 spiro atoms. The van der Waals surface area contributed by atoms with Crippen molar-refractivity contribution >= 4 is 29.2 Å². The molecule has 4 nitrogen and oxygen atoms in total. The molecule has 130 valence electrons. The van der Waals surface area contributed by atoms with Crippen LogP contribution in [0.2, 0.25) is 5.02 Å².